The van der Waals surface area contributed by atoms with E-state index in [-0.39, 0.29) is 12.1 Å². The lowest BCUT2D eigenvalue weighted by Gasteiger charge is -2.40. The summed E-state index contributed by atoms with van der Waals surface area (Å²) in [4.78, 5) is 13.7. The van der Waals surface area contributed by atoms with Crippen LogP contribution in [-0.2, 0) is 0 Å². The molecule has 0 radical (unpaired) electrons. The number of piperidine rings is 1. The Morgan fingerprint density at radius 2 is 1.93 bits per heavy atom. The summed E-state index contributed by atoms with van der Waals surface area (Å²) in [6.07, 6.45) is 2.64. The summed E-state index contributed by atoms with van der Waals surface area (Å²) in [5.41, 5.74) is 1.36. The first-order valence-corrected chi connectivity index (χ1v) is 9.38. The number of hydrogen-bond acceptors (Lipinski definition) is 3. The van der Waals surface area contributed by atoms with E-state index >= 15 is 0 Å². The van der Waals surface area contributed by atoms with Crippen molar-refractivity contribution in [3.63, 3.8) is 0 Å². The van der Waals surface area contributed by atoms with E-state index in [1.165, 1.54) is 11.2 Å². The van der Waals surface area contributed by atoms with Crippen LogP contribution in [0, 0.1) is 17.6 Å². The first kappa shape index (κ1) is 23.4. The van der Waals surface area contributed by atoms with Gasteiger partial charge in [0.1, 0.15) is 0 Å². The molecule has 1 amide bonds. The van der Waals surface area contributed by atoms with Crippen LogP contribution in [0.4, 0.5) is 17.6 Å². The molecule has 0 N–H and O–H groups in total. The Balaban J connectivity index is 2.44. The smallest absolute Gasteiger partial charge is 0.266 e. The van der Waals surface area contributed by atoms with E-state index in [2.05, 4.69) is 18.3 Å². The lowest BCUT2D eigenvalue weighted by molar-refractivity contribution is -0.0724. The van der Waals surface area contributed by atoms with E-state index < -0.39 is 42.3 Å². The van der Waals surface area contributed by atoms with E-state index in [1.807, 2.05) is 0 Å². The maximum atomic E-state index is 14.6. The summed E-state index contributed by atoms with van der Waals surface area (Å²) in [5.74, 6) is -7.08. The second-order valence-corrected chi connectivity index (χ2v) is 7.41. The number of halogens is 4. The zero-order valence-electron chi connectivity index (χ0n) is 17.3. The lowest BCUT2D eigenvalue weighted by Crippen LogP contribution is -2.51. The third kappa shape index (κ3) is 5.58. The fraction of sp³-hybridized carbons (Fsp3) is 0.364. The molecule has 1 aromatic carbocycles. The Morgan fingerprint density at radius 1 is 1.27 bits per heavy atom. The molecule has 4 nitrogen and oxygen atoms in total. The minimum atomic E-state index is -3.18. The van der Waals surface area contributed by atoms with E-state index in [1.54, 1.807) is 26.8 Å². The predicted molar refractivity (Wildman–Crippen MR) is 109 cm³/mol. The molecule has 1 heterocycles. The van der Waals surface area contributed by atoms with Gasteiger partial charge in [-0.05, 0) is 45.0 Å². The monoisotopic (exact) mass is 423 g/mol. The van der Waals surface area contributed by atoms with Gasteiger partial charge in [-0.25, -0.2) is 22.6 Å². The first-order chi connectivity index (χ1) is 13.9. The van der Waals surface area contributed by atoms with Crippen molar-refractivity contribution in [1.29, 1.82) is 0 Å². The van der Waals surface area contributed by atoms with Crippen LogP contribution in [0.25, 0.3) is 0 Å². The molecule has 1 unspecified atom stereocenters. The lowest BCUT2D eigenvalue weighted by atomic mass is 9.90. The van der Waals surface area contributed by atoms with Crippen LogP contribution >= 0.6 is 0 Å². The molecule has 0 aromatic heterocycles. The van der Waals surface area contributed by atoms with Crippen LogP contribution in [0.1, 0.15) is 37.6 Å². The highest BCUT2D eigenvalue weighted by Gasteiger charge is 2.44. The zero-order chi connectivity index (χ0) is 22.6. The van der Waals surface area contributed by atoms with Crippen LogP contribution in [-0.4, -0.2) is 41.0 Å². The van der Waals surface area contributed by atoms with Crippen molar-refractivity contribution in [2.75, 3.05) is 13.1 Å². The van der Waals surface area contributed by atoms with E-state index in [0.717, 1.165) is 17.0 Å². The Labute approximate surface area is 173 Å². The molecule has 0 spiro atoms. The molecule has 1 fully saturated rings. The highest BCUT2D eigenvalue weighted by molar-refractivity contribution is 5.94. The van der Waals surface area contributed by atoms with Crippen LogP contribution in [0.5, 0.6) is 0 Å². The Hall–Kier alpha value is -2.90. The largest absolute Gasteiger partial charge is 0.332 e. The predicted octanol–water partition coefficient (Wildman–Crippen LogP) is 5.36. The van der Waals surface area contributed by atoms with E-state index in [9.17, 15) is 22.4 Å². The normalized spacial score (nSPS) is 19.1. The molecule has 1 aliphatic rings. The molecule has 30 heavy (non-hydrogen) atoms. The third-order valence-electron chi connectivity index (χ3n) is 4.51. The number of hydrazone groups is 1. The SMILES string of the molecule is C=C(C)/C=C(/C1CN(C(=O)c2ccc(F)c(F)c2)CC(F)(F)C1)N(/N=C\C)C(=C)C. The summed E-state index contributed by atoms with van der Waals surface area (Å²) >= 11 is 0. The molecule has 1 aliphatic heterocycles. The molecule has 0 bridgehead atoms. The molecule has 1 aromatic rings. The van der Waals surface area contributed by atoms with Gasteiger partial charge in [-0.3, -0.25) is 4.79 Å². The number of hydrogen-bond donors (Lipinski definition) is 0. The fourth-order valence-electron chi connectivity index (χ4n) is 3.37. The van der Waals surface area contributed by atoms with Gasteiger partial charge in [-0.1, -0.05) is 18.7 Å². The zero-order valence-corrected chi connectivity index (χ0v) is 17.3. The molecule has 0 aliphatic carbocycles. The summed E-state index contributed by atoms with van der Waals surface area (Å²) < 4.78 is 56.0. The molecule has 0 saturated carbocycles. The minimum absolute atomic E-state index is 0.0461. The molecule has 2 rings (SSSR count). The number of carbonyl (C=O) groups excluding carboxylic acids is 1. The summed E-state index contributed by atoms with van der Waals surface area (Å²) in [6, 6.07) is 2.59. The number of benzene rings is 1. The average Bonchev–Trinajstić information content (AvgIpc) is 2.64. The van der Waals surface area contributed by atoms with Gasteiger partial charge in [0, 0.05) is 42.1 Å². The van der Waals surface area contributed by atoms with Crippen molar-refractivity contribution in [1.82, 2.24) is 9.91 Å². The summed E-state index contributed by atoms with van der Waals surface area (Å²) in [6.45, 7) is 11.9. The Kier molecular flexibility index (Phi) is 7.23. The van der Waals surface area contributed by atoms with Gasteiger partial charge in [0.05, 0.1) is 6.54 Å². The van der Waals surface area contributed by atoms with Gasteiger partial charge in [0.15, 0.2) is 11.6 Å². The van der Waals surface area contributed by atoms with Gasteiger partial charge in [-0.15, -0.1) is 0 Å². The van der Waals surface area contributed by atoms with E-state index in [4.69, 9.17) is 0 Å². The van der Waals surface area contributed by atoms with Crippen LogP contribution in [0.3, 0.4) is 0 Å². The van der Waals surface area contributed by atoms with Crippen LogP contribution < -0.4 is 0 Å². The second-order valence-electron chi connectivity index (χ2n) is 7.41. The van der Waals surface area contributed by atoms with Crippen molar-refractivity contribution in [3.8, 4) is 0 Å². The molecular weight excluding hydrogens is 398 g/mol. The number of likely N-dealkylation sites (tertiary alicyclic amines) is 1. The third-order valence-corrected chi connectivity index (χ3v) is 4.51. The molecule has 8 heteroatoms. The van der Waals surface area contributed by atoms with Gasteiger partial charge < -0.3 is 4.90 Å². The van der Waals surface area contributed by atoms with Gasteiger partial charge in [0.25, 0.3) is 11.8 Å². The number of alkyl halides is 2. The maximum Gasteiger partial charge on any atom is 0.266 e. The topological polar surface area (TPSA) is 35.9 Å². The molecule has 162 valence electrons. The highest BCUT2D eigenvalue weighted by atomic mass is 19.3. The number of amides is 1. The number of carbonyl (C=O) groups is 1. The van der Waals surface area contributed by atoms with Gasteiger partial charge in [-0.2, -0.15) is 5.10 Å². The van der Waals surface area contributed by atoms with Crippen molar-refractivity contribution >= 4 is 12.1 Å². The molecule has 1 saturated heterocycles. The number of rotatable bonds is 6. The van der Waals surface area contributed by atoms with Crippen molar-refractivity contribution in [2.45, 2.75) is 33.1 Å². The van der Waals surface area contributed by atoms with Crippen LogP contribution in [0.15, 0.2) is 59.5 Å². The van der Waals surface area contributed by atoms with Gasteiger partial charge in [0.2, 0.25) is 0 Å². The molecular formula is C22H25F4N3O. The minimum Gasteiger partial charge on any atom is -0.332 e. The average molecular weight is 423 g/mol. The van der Waals surface area contributed by atoms with Crippen molar-refractivity contribution in [2.24, 2.45) is 11.0 Å². The summed E-state index contributed by atoms with van der Waals surface area (Å²) in [5, 5.41) is 5.65. The second kappa shape index (κ2) is 9.28. The van der Waals surface area contributed by atoms with Crippen molar-refractivity contribution in [3.05, 3.63) is 71.6 Å². The quantitative estimate of drug-likeness (QED) is 0.267. The maximum absolute atomic E-state index is 14.6. The number of allylic oxidation sites excluding steroid dienone is 3. The van der Waals surface area contributed by atoms with Gasteiger partial charge >= 0.3 is 0 Å². The van der Waals surface area contributed by atoms with Crippen LogP contribution in [0.2, 0.25) is 0 Å². The fourth-order valence-corrected chi connectivity index (χ4v) is 3.37. The van der Waals surface area contributed by atoms with Crippen molar-refractivity contribution < 1.29 is 22.4 Å². The standard InChI is InChI=1S/C22H25F4N3O/c1-6-27-29(15(4)5)20(9-14(2)3)17-11-22(25,26)13-28(12-17)21(30)16-7-8-18(23)19(24)10-16/h6-10,17H,2,4,11-13H2,1,3,5H3/b20-9-,27-6-. The summed E-state index contributed by atoms with van der Waals surface area (Å²) in [7, 11) is 0. The first-order valence-electron chi connectivity index (χ1n) is 9.38. The van der Waals surface area contributed by atoms with E-state index in [0.29, 0.717) is 23.0 Å². The Bertz CT molecular complexity index is 908. The Morgan fingerprint density at radius 3 is 2.47 bits per heavy atom. The number of nitrogens with zero attached hydrogens (tertiary/aromatic N) is 3. The molecule has 1 atom stereocenters. The highest BCUT2D eigenvalue weighted by Crippen LogP contribution is 2.37.